The summed E-state index contributed by atoms with van der Waals surface area (Å²) in [5, 5.41) is 0.869. The van der Waals surface area contributed by atoms with Crippen molar-refractivity contribution in [3.8, 4) is 0 Å². The lowest BCUT2D eigenvalue weighted by atomic mass is 10.1. The molecule has 0 aliphatic rings. The van der Waals surface area contributed by atoms with Crippen molar-refractivity contribution in [2.45, 2.75) is 6.92 Å². The Hall–Kier alpha value is -2.82. The predicted molar refractivity (Wildman–Crippen MR) is 81.3 cm³/mol. The molecule has 0 saturated carbocycles. The van der Waals surface area contributed by atoms with E-state index in [4.69, 9.17) is 9.15 Å². The fourth-order valence-corrected chi connectivity index (χ4v) is 2.33. The molecular weight excluding hydrogens is 288 g/mol. The van der Waals surface area contributed by atoms with Crippen LogP contribution in [-0.2, 0) is 0 Å². The van der Waals surface area contributed by atoms with Crippen LogP contribution in [0.5, 0.6) is 0 Å². The molecule has 5 heteroatoms. The molecule has 0 amide bonds. The molecule has 0 spiro atoms. The number of halogens is 2. The number of hydrogen-bond acceptors (Lipinski definition) is 2. The Morgan fingerprint density at radius 1 is 0.909 bits per heavy atom. The molecule has 2 aromatic carbocycles. The largest absolute Gasteiger partial charge is 0.269 e. The first kappa shape index (κ1) is 15.6. The molecule has 0 bridgehead atoms. The molecule has 0 N–H and O–H groups in total. The Balaban J connectivity index is 0.000000847. The Labute approximate surface area is 125 Å². The summed E-state index contributed by atoms with van der Waals surface area (Å²) >= 11 is 0. The van der Waals surface area contributed by atoms with Crippen LogP contribution in [0, 0.1) is 6.92 Å². The molecule has 1 aromatic heterocycles. The lowest BCUT2D eigenvalue weighted by Crippen LogP contribution is -2.27. The Kier molecular flexibility index (Phi) is 4.78. The van der Waals surface area contributed by atoms with Gasteiger partial charge >= 0.3 is 0 Å². The molecular formula is C17H13F2NO2. The van der Waals surface area contributed by atoms with Crippen LogP contribution in [0.15, 0.2) is 65.5 Å². The molecule has 1 heterocycles. The predicted octanol–water partition coefficient (Wildman–Crippen LogP) is 3.84. The van der Waals surface area contributed by atoms with Crippen LogP contribution in [0.3, 0.4) is 0 Å². The van der Waals surface area contributed by atoms with Crippen molar-refractivity contribution >= 4 is 16.8 Å². The van der Waals surface area contributed by atoms with E-state index < -0.39 is 0 Å². The topological polar surface area (TPSA) is 39.1 Å². The number of pyridine rings is 1. The third-order valence-electron chi connectivity index (χ3n) is 3.38. The molecule has 0 unspecified atom stereocenters. The molecule has 3 nitrogen and oxygen atoms in total. The van der Waals surface area contributed by atoms with Crippen LogP contribution in [0.25, 0.3) is 10.9 Å². The first-order valence-corrected chi connectivity index (χ1v) is 6.54. The fourth-order valence-electron chi connectivity index (χ4n) is 2.33. The van der Waals surface area contributed by atoms with Crippen molar-refractivity contribution in [2.75, 3.05) is 0 Å². The van der Waals surface area contributed by atoms with E-state index in [9.17, 15) is 9.59 Å². The van der Waals surface area contributed by atoms with Gasteiger partial charge in [-0.15, -0.1) is 0 Å². The smallest absolute Gasteiger partial charge is 0.265 e. The second-order valence-corrected chi connectivity index (χ2v) is 4.69. The van der Waals surface area contributed by atoms with Crippen molar-refractivity contribution in [1.29, 1.82) is 0 Å². The maximum atomic E-state index is 12.7. The lowest BCUT2D eigenvalue weighted by molar-refractivity contribution is 0.0960. The molecule has 0 saturated heterocycles. The van der Waals surface area contributed by atoms with Gasteiger partial charge in [-0.2, -0.15) is 0 Å². The number of hydrogen-bond donors (Lipinski definition) is 0. The van der Waals surface area contributed by atoms with Crippen molar-refractivity contribution in [2.24, 2.45) is 0 Å². The highest BCUT2D eigenvalue weighted by molar-refractivity contribution is 6.02. The van der Waals surface area contributed by atoms with Gasteiger partial charge in [0, 0.05) is 20.8 Å². The normalized spacial score (nSPS) is 9.95. The number of aromatic nitrogens is 1. The van der Waals surface area contributed by atoms with Crippen LogP contribution in [0.1, 0.15) is 15.9 Å². The minimum absolute atomic E-state index is 0.287. The van der Waals surface area contributed by atoms with E-state index in [1.54, 1.807) is 24.3 Å². The summed E-state index contributed by atoms with van der Waals surface area (Å²) in [7, 11) is 0. The maximum Gasteiger partial charge on any atom is 0.265 e. The average Bonchev–Trinajstić information content (AvgIpc) is 2.56. The first-order chi connectivity index (χ1) is 10.7. The van der Waals surface area contributed by atoms with Gasteiger partial charge in [-0.05, 0) is 36.1 Å². The number of benzene rings is 2. The number of fused-ring (bicyclic) bond motifs is 1. The van der Waals surface area contributed by atoms with Gasteiger partial charge in [-0.1, -0.05) is 36.4 Å². The van der Waals surface area contributed by atoms with Crippen LogP contribution >= 0.6 is 0 Å². The number of carbonyl (C=O) groups excluding carboxylic acids is 1. The average molecular weight is 301 g/mol. The molecule has 0 aliphatic heterocycles. The number of rotatable bonds is 1. The standard InChI is InChI=1S/C17H13NO2.F2/c1-12-6-2-4-8-14(12)17(20)18-15-9-5-3-7-13(15)10-11-16(18)19;1-2/h2-11H,1H3;. The number of para-hydroxylation sites is 1. The second kappa shape index (κ2) is 6.76. The molecule has 0 fully saturated rings. The van der Waals surface area contributed by atoms with Crippen LogP contribution < -0.4 is 5.56 Å². The van der Waals surface area contributed by atoms with Crippen molar-refractivity contribution < 1.29 is 13.9 Å². The highest BCUT2D eigenvalue weighted by atomic mass is 20.0. The van der Waals surface area contributed by atoms with Gasteiger partial charge in [-0.25, -0.2) is 4.57 Å². The van der Waals surface area contributed by atoms with E-state index in [0.717, 1.165) is 10.9 Å². The number of aryl methyl sites for hydroxylation is 1. The van der Waals surface area contributed by atoms with Crippen LogP contribution in [0.4, 0.5) is 9.15 Å². The zero-order valence-corrected chi connectivity index (χ0v) is 11.8. The Morgan fingerprint density at radius 3 is 2.27 bits per heavy atom. The van der Waals surface area contributed by atoms with Gasteiger partial charge in [0.2, 0.25) is 0 Å². The highest BCUT2D eigenvalue weighted by Crippen LogP contribution is 2.14. The minimum atomic E-state index is -0.308. The zero-order valence-electron chi connectivity index (χ0n) is 11.8. The summed E-state index contributed by atoms with van der Waals surface area (Å²) in [6.07, 6.45) is 0. The Bertz CT molecular complexity index is 872. The van der Waals surface area contributed by atoms with Crippen molar-refractivity contribution in [3.05, 3.63) is 82.1 Å². The molecule has 22 heavy (non-hydrogen) atoms. The van der Waals surface area contributed by atoms with Gasteiger partial charge in [-0.3, -0.25) is 9.59 Å². The highest BCUT2D eigenvalue weighted by Gasteiger charge is 2.14. The first-order valence-electron chi connectivity index (χ1n) is 6.54. The molecule has 112 valence electrons. The van der Waals surface area contributed by atoms with Gasteiger partial charge < -0.3 is 0 Å². The SMILES string of the molecule is Cc1ccccc1C(=O)n1c(=O)ccc2ccccc21.FF. The van der Waals surface area contributed by atoms with E-state index in [1.807, 2.05) is 37.3 Å². The molecule has 3 rings (SSSR count). The summed E-state index contributed by atoms with van der Waals surface area (Å²) < 4.78 is 17.2. The van der Waals surface area contributed by atoms with E-state index in [0.29, 0.717) is 11.1 Å². The van der Waals surface area contributed by atoms with Crippen LogP contribution in [0.2, 0.25) is 0 Å². The third kappa shape index (κ3) is 2.79. The van der Waals surface area contributed by atoms with Gasteiger partial charge in [0.25, 0.3) is 11.5 Å². The maximum absolute atomic E-state index is 12.7. The van der Waals surface area contributed by atoms with Crippen molar-refractivity contribution in [3.63, 3.8) is 0 Å². The van der Waals surface area contributed by atoms with E-state index in [1.165, 1.54) is 10.6 Å². The zero-order chi connectivity index (χ0) is 16.1. The molecule has 0 atom stereocenters. The third-order valence-corrected chi connectivity index (χ3v) is 3.38. The van der Waals surface area contributed by atoms with Gasteiger partial charge in [0.15, 0.2) is 0 Å². The number of carbonyl (C=O) groups is 1. The van der Waals surface area contributed by atoms with Crippen LogP contribution in [-0.4, -0.2) is 10.5 Å². The Morgan fingerprint density at radius 2 is 1.55 bits per heavy atom. The second-order valence-electron chi connectivity index (χ2n) is 4.69. The minimum Gasteiger partial charge on any atom is -0.269 e. The molecule has 0 aliphatic carbocycles. The quantitative estimate of drug-likeness (QED) is 0.685. The summed E-state index contributed by atoms with van der Waals surface area (Å²) in [5.41, 5.74) is 1.73. The summed E-state index contributed by atoms with van der Waals surface area (Å²) in [5.74, 6) is -0.287. The molecule has 0 radical (unpaired) electrons. The van der Waals surface area contributed by atoms with Gasteiger partial charge in [0.1, 0.15) is 0 Å². The monoisotopic (exact) mass is 301 g/mol. The summed E-state index contributed by atoms with van der Waals surface area (Å²) in [4.78, 5) is 24.8. The summed E-state index contributed by atoms with van der Waals surface area (Å²) in [6.45, 7) is 1.86. The fraction of sp³-hybridized carbons (Fsp3) is 0.0588. The van der Waals surface area contributed by atoms with E-state index in [2.05, 4.69) is 0 Å². The number of nitrogens with zero attached hydrogens (tertiary/aromatic N) is 1. The lowest BCUT2D eigenvalue weighted by Gasteiger charge is -2.10. The van der Waals surface area contributed by atoms with Crippen molar-refractivity contribution in [1.82, 2.24) is 4.57 Å². The molecule has 3 aromatic rings. The van der Waals surface area contributed by atoms with E-state index >= 15 is 0 Å². The van der Waals surface area contributed by atoms with E-state index in [-0.39, 0.29) is 11.5 Å². The van der Waals surface area contributed by atoms with Gasteiger partial charge in [0.05, 0.1) is 5.52 Å². The summed E-state index contributed by atoms with van der Waals surface area (Å²) in [6, 6.07) is 17.8.